The highest BCUT2D eigenvalue weighted by Crippen LogP contribution is 2.34. The van der Waals surface area contributed by atoms with E-state index in [9.17, 15) is 4.39 Å². The maximum absolute atomic E-state index is 14.1. The summed E-state index contributed by atoms with van der Waals surface area (Å²) < 4.78 is 19.3. The Hall–Kier alpha value is -0.740. The molecule has 1 aliphatic heterocycles. The predicted octanol–water partition coefficient (Wildman–Crippen LogP) is 3.51. The molecule has 0 aromatic heterocycles. The summed E-state index contributed by atoms with van der Waals surface area (Å²) in [6.07, 6.45) is 2.13. The van der Waals surface area contributed by atoms with Gasteiger partial charge in [-0.25, -0.2) is 4.39 Å². The van der Waals surface area contributed by atoms with Crippen LogP contribution in [0.25, 0.3) is 0 Å². The molecule has 0 radical (unpaired) electrons. The second kappa shape index (κ2) is 6.43. The van der Waals surface area contributed by atoms with Crippen molar-refractivity contribution in [3.63, 3.8) is 0 Å². The van der Waals surface area contributed by atoms with Crippen LogP contribution in [0.5, 0.6) is 5.75 Å². The summed E-state index contributed by atoms with van der Waals surface area (Å²) >= 11 is 1.80. The van der Waals surface area contributed by atoms with E-state index in [2.05, 4.69) is 12.2 Å². The number of fused-ring (bicyclic) bond motifs is 1. The molecule has 0 spiro atoms. The van der Waals surface area contributed by atoms with E-state index in [-0.39, 0.29) is 11.9 Å². The summed E-state index contributed by atoms with van der Waals surface area (Å²) in [4.78, 5) is 0. The quantitative estimate of drug-likeness (QED) is 0.903. The van der Waals surface area contributed by atoms with E-state index in [1.165, 1.54) is 6.07 Å². The Morgan fingerprint density at radius 2 is 2.33 bits per heavy atom. The molecule has 1 atom stereocenters. The average molecular weight is 269 g/mol. The molecule has 2 rings (SSSR count). The van der Waals surface area contributed by atoms with Crippen LogP contribution in [0.2, 0.25) is 0 Å². The highest BCUT2D eigenvalue weighted by atomic mass is 32.2. The van der Waals surface area contributed by atoms with Gasteiger partial charge in [-0.05, 0) is 36.8 Å². The highest BCUT2D eigenvalue weighted by Gasteiger charge is 2.22. The Morgan fingerprint density at radius 1 is 1.50 bits per heavy atom. The van der Waals surface area contributed by atoms with E-state index in [1.807, 2.05) is 6.07 Å². The van der Waals surface area contributed by atoms with Crippen LogP contribution in [-0.4, -0.2) is 19.4 Å². The molecule has 100 valence electrons. The normalized spacial score (nSPS) is 19.2. The number of benzene rings is 1. The molecule has 1 aromatic rings. The van der Waals surface area contributed by atoms with Crippen molar-refractivity contribution in [1.29, 1.82) is 0 Å². The third-order valence-corrected chi connectivity index (χ3v) is 4.27. The second-order valence-corrected chi connectivity index (χ2v) is 5.63. The molecule has 1 N–H and O–H groups in total. The van der Waals surface area contributed by atoms with E-state index in [0.29, 0.717) is 5.75 Å². The van der Waals surface area contributed by atoms with Gasteiger partial charge < -0.3 is 10.1 Å². The number of methoxy groups -OCH3 is 1. The van der Waals surface area contributed by atoms with E-state index >= 15 is 0 Å². The van der Waals surface area contributed by atoms with Gasteiger partial charge >= 0.3 is 0 Å². The smallest absolute Gasteiger partial charge is 0.131 e. The van der Waals surface area contributed by atoms with Gasteiger partial charge in [0.25, 0.3) is 0 Å². The van der Waals surface area contributed by atoms with Crippen molar-refractivity contribution in [2.75, 3.05) is 19.4 Å². The highest BCUT2D eigenvalue weighted by molar-refractivity contribution is 7.98. The first-order chi connectivity index (χ1) is 8.76. The van der Waals surface area contributed by atoms with Crippen LogP contribution in [0.4, 0.5) is 4.39 Å². The van der Waals surface area contributed by atoms with Gasteiger partial charge in [0, 0.05) is 23.4 Å². The molecule has 0 fully saturated rings. The molecule has 18 heavy (non-hydrogen) atoms. The lowest BCUT2D eigenvalue weighted by atomic mass is 9.98. The molecule has 0 amide bonds. The van der Waals surface area contributed by atoms with Gasteiger partial charge in [0.05, 0.1) is 7.11 Å². The molecular formula is C14H20FNOS. The molecule has 1 aromatic carbocycles. The summed E-state index contributed by atoms with van der Waals surface area (Å²) in [5.74, 6) is 2.30. The molecule has 0 saturated carbocycles. The lowest BCUT2D eigenvalue weighted by Gasteiger charge is -2.20. The van der Waals surface area contributed by atoms with Crippen molar-refractivity contribution in [3.05, 3.63) is 29.1 Å². The Balaban J connectivity index is 2.35. The van der Waals surface area contributed by atoms with E-state index in [1.54, 1.807) is 18.9 Å². The van der Waals surface area contributed by atoms with Crippen molar-refractivity contribution in [2.24, 2.45) is 0 Å². The third-order valence-electron chi connectivity index (χ3n) is 3.25. The zero-order valence-electron chi connectivity index (χ0n) is 11.0. The summed E-state index contributed by atoms with van der Waals surface area (Å²) in [6, 6.07) is 3.72. The number of rotatable bonds is 4. The standard InChI is InChI=1S/C14H20FNOS/c1-3-5-16-14-4-6-18-9-12-11(14)7-10(17-2)8-13(12)15/h7-8,14,16H,3-6,9H2,1-2H3. The maximum atomic E-state index is 14.1. The van der Waals surface area contributed by atoms with Gasteiger partial charge in [0.2, 0.25) is 0 Å². The van der Waals surface area contributed by atoms with E-state index in [0.717, 1.165) is 42.0 Å². The minimum Gasteiger partial charge on any atom is -0.497 e. The average Bonchev–Trinajstić information content (AvgIpc) is 2.59. The first kappa shape index (κ1) is 13.7. The number of halogens is 1. The van der Waals surface area contributed by atoms with Gasteiger partial charge in [-0.2, -0.15) is 11.8 Å². The lowest BCUT2D eigenvalue weighted by molar-refractivity contribution is 0.408. The molecule has 1 heterocycles. The number of thioether (sulfide) groups is 1. The van der Waals surface area contributed by atoms with Crippen LogP contribution in [-0.2, 0) is 5.75 Å². The molecule has 0 saturated heterocycles. The lowest BCUT2D eigenvalue weighted by Crippen LogP contribution is -2.23. The van der Waals surface area contributed by atoms with Crippen LogP contribution in [0, 0.1) is 5.82 Å². The fourth-order valence-electron chi connectivity index (χ4n) is 2.27. The van der Waals surface area contributed by atoms with Crippen LogP contribution in [0.3, 0.4) is 0 Å². The topological polar surface area (TPSA) is 21.3 Å². The third kappa shape index (κ3) is 2.98. The molecule has 0 aliphatic carbocycles. The zero-order chi connectivity index (χ0) is 13.0. The molecule has 0 bridgehead atoms. The van der Waals surface area contributed by atoms with Gasteiger partial charge in [0.1, 0.15) is 11.6 Å². The Kier molecular flexibility index (Phi) is 4.89. The molecular weight excluding hydrogens is 249 g/mol. The van der Waals surface area contributed by atoms with Gasteiger partial charge in [-0.15, -0.1) is 0 Å². The fraction of sp³-hybridized carbons (Fsp3) is 0.571. The van der Waals surface area contributed by atoms with Crippen LogP contribution in [0.1, 0.15) is 36.9 Å². The largest absolute Gasteiger partial charge is 0.497 e. The molecule has 2 nitrogen and oxygen atoms in total. The fourth-order valence-corrected chi connectivity index (χ4v) is 3.33. The SMILES string of the molecule is CCCNC1CCSCc2c(F)cc(OC)cc21. The Labute approximate surface area is 112 Å². The van der Waals surface area contributed by atoms with Crippen molar-refractivity contribution in [3.8, 4) is 5.75 Å². The van der Waals surface area contributed by atoms with Gasteiger partial charge in [-0.3, -0.25) is 0 Å². The predicted molar refractivity (Wildman–Crippen MR) is 74.8 cm³/mol. The molecule has 1 aliphatic rings. The Morgan fingerprint density at radius 3 is 3.06 bits per heavy atom. The first-order valence-electron chi connectivity index (χ1n) is 6.43. The summed E-state index contributed by atoms with van der Waals surface area (Å²) in [5, 5.41) is 3.51. The Bertz CT molecular complexity index is 411. The van der Waals surface area contributed by atoms with E-state index < -0.39 is 0 Å². The summed E-state index contributed by atoms with van der Waals surface area (Å²) in [5.41, 5.74) is 1.91. The number of hydrogen-bond acceptors (Lipinski definition) is 3. The summed E-state index contributed by atoms with van der Waals surface area (Å²) in [6.45, 7) is 3.11. The minimum atomic E-state index is -0.137. The number of hydrogen-bond donors (Lipinski definition) is 1. The first-order valence-corrected chi connectivity index (χ1v) is 7.59. The molecule has 1 unspecified atom stereocenters. The minimum absolute atomic E-state index is 0.137. The van der Waals surface area contributed by atoms with Gasteiger partial charge in [-0.1, -0.05) is 6.92 Å². The maximum Gasteiger partial charge on any atom is 0.131 e. The van der Waals surface area contributed by atoms with Crippen LogP contribution < -0.4 is 10.1 Å². The second-order valence-electron chi connectivity index (χ2n) is 4.52. The summed E-state index contributed by atoms with van der Waals surface area (Å²) in [7, 11) is 1.58. The van der Waals surface area contributed by atoms with Crippen LogP contribution in [0.15, 0.2) is 12.1 Å². The van der Waals surface area contributed by atoms with Crippen molar-refractivity contribution in [2.45, 2.75) is 31.6 Å². The molecule has 4 heteroatoms. The van der Waals surface area contributed by atoms with Gasteiger partial charge in [0.15, 0.2) is 0 Å². The van der Waals surface area contributed by atoms with E-state index in [4.69, 9.17) is 4.74 Å². The monoisotopic (exact) mass is 269 g/mol. The van der Waals surface area contributed by atoms with Crippen LogP contribution >= 0.6 is 11.8 Å². The van der Waals surface area contributed by atoms with Crippen molar-refractivity contribution in [1.82, 2.24) is 5.32 Å². The number of ether oxygens (including phenoxy) is 1. The zero-order valence-corrected chi connectivity index (χ0v) is 11.8. The van der Waals surface area contributed by atoms with Crippen molar-refractivity contribution >= 4 is 11.8 Å². The van der Waals surface area contributed by atoms with Crippen molar-refractivity contribution < 1.29 is 9.13 Å². The number of nitrogens with one attached hydrogen (secondary N) is 1.